The predicted octanol–water partition coefficient (Wildman–Crippen LogP) is 2.08. The minimum atomic E-state index is -0.469. The number of nitrogens with one attached hydrogen (secondary N) is 2. The molecule has 2 amide bonds. The van der Waals surface area contributed by atoms with Gasteiger partial charge in [-0.15, -0.1) is 0 Å². The van der Waals surface area contributed by atoms with Crippen molar-refractivity contribution in [1.29, 1.82) is 0 Å². The van der Waals surface area contributed by atoms with E-state index in [-0.39, 0.29) is 29.6 Å². The zero-order valence-electron chi connectivity index (χ0n) is 12.9. The second-order valence-electron chi connectivity index (χ2n) is 5.14. The highest BCUT2D eigenvalue weighted by Crippen LogP contribution is 2.20. The van der Waals surface area contributed by atoms with Gasteiger partial charge in [0.2, 0.25) is 5.91 Å². The number of imidazole rings is 1. The molecular weight excluding hydrogens is 365 g/mol. The molecule has 7 nitrogen and oxygen atoms in total. The molecule has 0 saturated heterocycles. The fourth-order valence-corrected chi connectivity index (χ4v) is 2.58. The van der Waals surface area contributed by atoms with Crippen LogP contribution in [-0.4, -0.2) is 32.7 Å². The second-order valence-corrected chi connectivity index (χ2v) is 5.98. The first-order valence-corrected chi connectivity index (χ1v) is 8.06. The number of amides is 2. The zero-order valence-corrected chi connectivity index (χ0v) is 14.4. The van der Waals surface area contributed by atoms with Crippen LogP contribution >= 0.6 is 23.2 Å². The molecule has 0 radical (unpaired) electrons. The number of fused-ring (bicyclic) bond motifs is 1. The summed E-state index contributed by atoms with van der Waals surface area (Å²) in [4.78, 5) is 32.2. The Hall–Kier alpha value is -2.64. The van der Waals surface area contributed by atoms with Crippen LogP contribution in [0.3, 0.4) is 0 Å². The smallest absolute Gasteiger partial charge is 0.253 e. The normalized spacial score (nSPS) is 10.6. The van der Waals surface area contributed by atoms with Gasteiger partial charge in [0.25, 0.3) is 5.91 Å². The van der Waals surface area contributed by atoms with Crippen molar-refractivity contribution in [1.82, 2.24) is 25.0 Å². The van der Waals surface area contributed by atoms with Gasteiger partial charge in [-0.2, -0.15) is 0 Å². The summed E-state index contributed by atoms with van der Waals surface area (Å²) in [6.07, 6.45) is 6.67. The fourth-order valence-electron chi connectivity index (χ4n) is 2.20. The average Bonchev–Trinajstić information content (AvgIpc) is 3.03. The quantitative estimate of drug-likeness (QED) is 0.712. The number of benzene rings is 1. The van der Waals surface area contributed by atoms with Crippen LogP contribution in [0.5, 0.6) is 0 Å². The molecule has 1 aromatic carbocycles. The Kier molecular flexibility index (Phi) is 5.16. The lowest BCUT2D eigenvalue weighted by molar-refractivity contribution is -0.120. The molecule has 0 fully saturated rings. The molecule has 0 saturated carbocycles. The summed E-state index contributed by atoms with van der Waals surface area (Å²) >= 11 is 11.8. The van der Waals surface area contributed by atoms with Crippen LogP contribution < -0.4 is 10.6 Å². The highest BCUT2D eigenvalue weighted by molar-refractivity contribution is 6.35. The van der Waals surface area contributed by atoms with E-state index < -0.39 is 5.91 Å². The van der Waals surface area contributed by atoms with Crippen molar-refractivity contribution in [2.24, 2.45) is 0 Å². The first-order chi connectivity index (χ1) is 12.0. The zero-order chi connectivity index (χ0) is 17.8. The molecule has 0 bridgehead atoms. The topological polar surface area (TPSA) is 88.4 Å². The van der Waals surface area contributed by atoms with Gasteiger partial charge < -0.3 is 10.6 Å². The van der Waals surface area contributed by atoms with Crippen LogP contribution in [-0.2, 0) is 11.3 Å². The summed E-state index contributed by atoms with van der Waals surface area (Å²) in [6, 6.07) is 4.56. The maximum absolute atomic E-state index is 12.1. The Balaban J connectivity index is 1.54. The van der Waals surface area contributed by atoms with Crippen molar-refractivity contribution in [2.45, 2.75) is 6.54 Å². The third kappa shape index (κ3) is 4.07. The van der Waals surface area contributed by atoms with Crippen LogP contribution in [0.2, 0.25) is 10.0 Å². The Morgan fingerprint density at radius 1 is 1.16 bits per heavy atom. The highest BCUT2D eigenvalue weighted by atomic mass is 35.5. The van der Waals surface area contributed by atoms with Crippen molar-refractivity contribution in [3.63, 3.8) is 0 Å². The molecule has 0 aliphatic rings. The molecule has 0 unspecified atom stereocenters. The number of carbonyl (C=O) groups is 2. The molecule has 2 aromatic heterocycles. The van der Waals surface area contributed by atoms with E-state index in [9.17, 15) is 9.59 Å². The predicted molar refractivity (Wildman–Crippen MR) is 93.6 cm³/mol. The van der Waals surface area contributed by atoms with Gasteiger partial charge in [-0.05, 0) is 18.2 Å². The van der Waals surface area contributed by atoms with E-state index in [1.54, 1.807) is 30.9 Å². The van der Waals surface area contributed by atoms with E-state index in [4.69, 9.17) is 23.2 Å². The molecule has 0 aliphatic carbocycles. The van der Waals surface area contributed by atoms with E-state index in [2.05, 4.69) is 20.6 Å². The lowest BCUT2D eigenvalue weighted by atomic mass is 10.2. The van der Waals surface area contributed by atoms with Gasteiger partial charge in [-0.3, -0.25) is 19.0 Å². The number of carbonyl (C=O) groups excluding carboxylic acids is 2. The van der Waals surface area contributed by atoms with E-state index in [1.165, 1.54) is 12.1 Å². The van der Waals surface area contributed by atoms with Crippen LogP contribution in [0.1, 0.15) is 16.1 Å². The molecule has 3 rings (SSSR count). The van der Waals surface area contributed by atoms with Crippen LogP contribution in [0, 0.1) is 0 Å². The van der Waals surface area contributed by atoms with Crippen molar-refractivity contribution in [3.8, 4) is 0 Å². The van der Waals surface area contributed by atoms with Crippen molar-refractivity contribution in [3.05, 3.63) is 64.3 Å². The molecule has 0 aliphatic heterocycles. The van der Waals surface area contributed by atoms with Gasteiger partial charge in [0.05, 0.1) is 41.8 Å². The van der Waals surface area contributed by atoms with Gasteiger partial charge in [0, 0.05) is 17.4 Å². The molecule has 0 spiro atoms. The lowest BCUT2D eigenvalue weighted by Crippen LogP contribution is -2.36. The maximum Gasteiger partial charge on any atom is 0.253 e. The lowest BCUT2D eigenvalue weighted by Gasteiger charge is -2.08. The molecule has 2 N–H and O–H groups in total. The summed E-state index contributed by atoms with van der Waals surface area (Å²) in [5, 5.41) is 5.88. The summed E-state index contributed by atoms with van der Waals surface area (Å²) in [7, 11) is 0. The summed E-state index contributed by atoms with van der Waals surface area (Å²) in [6.45, 7) is 0.0950. The van der Waals surface area contributed by atoms with Crippen LogP contribution in [0.25, 0.3) is 5.65 Å². The van der Waals surface area contributed by atoms with Crippen molar-refractivity contribution >= 4 is 40.7 Å². The number of nitrogens with zero attached hydrogens (tertiary/aromatic N) is 3. The highest BCUT2D eigenvalue weighted by Gasteiger charge is 2.12. The SMILES string of the molecule is O=C(CNC(=O)c1cc(Cl)ccc1Cl)NCc1cnc2cnccn12. The molecule has 2 heterocycles. The first kappa shape index (κ1) is 17.2. The Morgan fingerprint density at radius 2 is 2.00 bits per heavy atom. The maximum atomic E-state index is 12.1. The van der Waals surface area contributed by atoms with E-state index >= 15 is 0 Å². The monoisotopic (exact) mass is 377 g/mol. The molecular formula is C16H13Cl2N5O2. The minimum Gasteiger partial charge on any atom is -0.349 e. The molecule has 9 heteroatoms. The van der Waals surface area contributed by atoms with Gasteiger partial charge >= 0.3 is 0 Å². The molecule has 128 valence electrons. The summed E-state index contributed by atoms with van der Waals surface area (Å²) in [5.74, 6) is -0.806. The number of aromatic nitrogens is 3. The minimum absolute atomic E-state index is 0.181. The Morgan fingerprint density at radius 3 is 2.84 bits per heavy atom. The Labute approximate surface area is 153 Å². The van der Waals surface area contributed by atoms with E-state index in [0.29, 0.717) is 10.7 Å². The molecule has 0 atom stereocenters. The van der Waals surface area contributed by atoms with Gasteiger partial charge in [-0.25, -0.2) is 4.98 Å². The average molecular weight is 378 g/mol. The molecule has 25 heavy (non-hydrogen) atoms. The van der Waals surface area contributed by atoms with Crippen LogP contribution in [0.4, 0.5) is 0 Å². The third-order valence-corrected chi connectivity index (χ3v) is 4.01. The number of rotatable bonds is 5. The fraction of sp³-hybridized carbons (Fsp3) is 0.125. The van der Waals surface area contributed by atoms with Gasteiger partial charge in [0.1, 0.15) is 0 Å². The largest absolute Gasteiger partial charge is 0.349 e. The molecule has 3 aromatic rings. The third-order valence-electron chi connectivity index (χ3n) is 3.44. The number of hydrogen-bond acceptors (Lipinski definition) is 4. The number of halogens is 2. The summed E-state index contributed by atoms with van der Waals surface area (Å²) in [5.41, 5.74) is 1.71. The first-order valence-electron chi connectivity index (χ1n) is 7.30. The van der Waals surface area contributed by atoms with Crippen molar-refractivity contribution in [2.75, 3.05) is 6.54 Å². The van der Waals surface area contributed by atoms with Gasteiger partial charge in [0.15, 0.2) is 5.65 Å². The standard InChI is InChI=1S/C16H13Cl2N5O2/c17-10-1-2-13(18)12(5-10)16(25)22-9-15(24)21-7-11-6-20-14-8-19-3-4-23(11)14/h1-6,8H,7,9H2,(H,21,24)(H,22,25). The summed E-state index contributed by atoms with van der Waals surface area (Å²) < 4.78 is 1.82. The van der Waals surface area contributed by atoms with Gasteiger partial charge in [-0.1, -0.05) is 23.2 Å². The van der Waals surface area contributed by atoms with E-state index in [0.717, 1.165) is 5.69 Å². The van der Waals surface area contributed by atoms with Crippen molar-refractivity contribution < 1.29 is 9.59 Å². The van der Waals surface area contributed by atoms with Crippen LogP contribution in [0.15, 0.2) is 43.0 Å². The van der Waals surface area contributed by atoms with E-state index in [1.807, 2.05) is 4.40 Å². The second kappa shape index (κ2) is 7.50. The Bertz CT molecular complexity index is 941. The number of hydrogen-bond donors (Lipinski definition) is 2.